The second-order valence-electron chi connectivity index (χ2n) is 8.72. The molecule has 1 saturated heterocycles. The van der Waals surface area contributed by atoms with Crippen LogP contribution in [-0.4, -0.2) is 51.9 Å². The molecule has 196 valence electrons. The molecule has 1 aliphatic heterocycles. The van der Waals surface area contributed by atoms with Gasteiger partial charge in [0, 0.05) is 31.9 Å². The van der Waals surface area contributed by atoms with Crippen LogP contribution in [-0.2, 0) is 21.0 Å². The molecule has 0 N–H and O–H groups in total. The third-order valence-electron chi connectivity index (χ3n) is 6.17. The number of amides is 1. The Labute approximate surface area is 212 Å². The first kappa shape index (κ1) is 26.5. The van der Waals surface area contributed by atoms with Crippen LogP contribution < -0.4 is 9.21 Å². The van der Waals surface area contributed by atoms with Crippen molar-refractivity contribution in [3.8, 4) is 0 Å². The molecular formula is C26H25F4N3O3S. The minimum Gasteiger partial charge on any atom is -0.368 e. The number of piperazine rings is 1. The molecule has 0 radical (unpaired) electrons. The van der Waals surface area contributed by atoms with Crippen molar-refractivity contribution < 1.29 is 30.8 Å². The lowest BCUT2D eigenvalue weighted by molar-refractivity contribution is -0.137. The minimum absolute atomic E-state index is 0.135. The summed E-state index contributed by atoms with van der Waals surface area (Å²) in [5, 5.41) is 0. The predicted octanol–water partition coefficient (Wildman–Crippen LogP) is 4.70. The van der Waals surface area contributed by atoms with Crippen LogP contribution in [0.1, 0.15) is 11.1 Å². The summed E-state index contributed by atoms with van der Waals surface area (Å²) in [5.74, 6) is -0.895. The molecule has 4 rings (SSSR count). The van der Waals surface area contributed by atoms with Crippen molar-refractivity contribution >= 4 is 27.3 Å². The van der Waals surface area contributed by atoms with Crippen LogP contribution >= 0.6 is 0 Å². The summed E-state index contributed by atoms with van der Waals surface area (Å²) in [4.78, 5) is 16.5. The van der Waals surface area contributed by atoms with Gasteiger partial charge < -0.3 is 9.80 Å². The molecule has 0 atom stereocenters. The Bertz CT molecular complexity index is 1350. The molecule has 0 bridgehead atoms. The number of carbonyl (C=O) groups is 1. The summed E-state index contributed by atoms with van der Waals surface area (Å²) in [5.41, 5.74) is 0.323. The maximum absolute atomic E-state index is 13.5. The number of nitrogens with zero attached hydrogens (tertiary/aromatic N) is 3. The molecule has 0 aromatic heterocycles. The van der Waals surface area contributed by atoms with Crippen molar-refractivity contribution in [3.63, 3.8) is 0 Å². The fourth-order valence-electron chi connectivity index (χ4n) is 4.08. The van der Waals surface area contributed by atoms with Crippen molar-refractivity contribution in [2.45, 2.75) is 18.0 Å². The van der Waals surface area contributed by atoms with Gasteiger partial charge in [-0.3, -0.25) is 9.10 Å². The molecule has 0 spiro atoms. The monoisotopic (exact) mass is 535 g/mol. The van der Waals surface area contributed by atoms with E-state index in [0.29, 0.717) is 13.1 Å². The van der Waals surface area contributed by atoms with Gasteiger partial charge in [-0.1, -0.05) is 23.8 Å². The highest BCUT2D eigenvalue weighted by atomic mass is 32.2. The Balaban J connectivity index is 1.58. The topological polar surface area (TPSA) is 60.9 Å². The molecular weight excluding hydrogens is 510 g/mol. The van der Waals surface area contributed by atoms with Gasteiger partial charge in [-0.2, -0.15) is 13.2 Å². The van der Waals surface area contributed by atoms with Crippen molar-refractivity contribution in [2.75, 3.05) is 41.9 Å². The van der Waals surface area contributed by atoms with E-state index in [-0.39, 0.29) is 29.5 Å². The highest BCUT2D eigenvalue weighted by molar-refractivity contribution is 7.92. The van der Waals surface area contributed by atoms with Crippen LogP contribution in [0.25, 0.3) is 0 Å². The number of hydrogen-bond donors (Lipinski definition) is 0. The number of aryl methyl sites for hydroxylation is 1. The Morgan fingerprint density at radius 2 is 1.54 bits per heavy atom. The SMILES string of the molecule is Cc1ccc(S(=O)(=O)N(CC(=O)N2CCN(c3ccc(F)cc3)CC2)c2cccc(C(F)(F)F)c2)cc1. The van der Waals surface area contributed by atoms with Gasteiger partial charge in [-0.05, 0) is 61.5 Å². The van der Waals surface area contributed by atoms with Gasteiger partial charge in [0.15, 0.2) is 0 Å². The Kier molecular flexibility index (Phi) is 7.44. The summed E-state index contributed by atoms with van der Waals surface area (Å²) in [6.45, 7) is 2.54. The second-order valence-corrected chi connectivity index (χ2v) is 10.6. The first-order valence-corrected chi connectivity index (χ1v) is 12.9. The molecule has 1 aliphatic rings. The zero-order valence-corrected chi connectivity index (χ0v) is 20.8. The zero-order valence-electron chi connectivity index (χ0n) is 20.0. The molecule has 6 nitrogen and oxygen atoms in total. The average molecular weight is 536 g/mol. The van der Waals surface area contributed by atoms with Crippen molar-refractivity contribution in [1.82, 2.24) is 4.90 Å². The quantitative estimate of drug-likeness (QED) is 0.430. The lowest BCUT2D eigenvalue weighted by atomic mass is 10.2. The van der Waals surface area contributed by atoms with E-state index in [1.807, 2.05) is 4.90 Å². The summed E-state index contributed by atoms with van der Waals surface area (Å²) >= 11 is 0. The fraction of sp³-hybridized carbons (Fsp3) is 0.269. The lowest BCUT2D eigenvalue weighted by Crippen LogP contribution is -2.52. The van der Waals surface area contributed by atoms with Crippen LogP contribution in [0.5, 0.6) is 0 Å². The Morgan fingerprint density at radius 3 is 2.14 bits per heavy atom. The number of sulfonamides is 1. The first-order valence-electron chi connectivity index (χ1n) is 11.5. The largest absolute Gasteiger partial charge is 0.416 e. The maximum Gasteiger partial charge on any atom is 0.416 e. The van der Waals surface area contributed by atoms with Crippen LogP contribution in [0.2, 0.25) is 0 Å². The van der Waals surface area contributed by atoms with Gasteiger partial charge in [0.25, 0.3) is 10.0 Å². The molecule has 1 amide bonds. The van der Waals surface area contributed by atoms with Gasteiger partial charge in [0.05, 0.1) is 16.1 Å². The number of rotatable bonds is 6. The Hall–Kier alpha value is -3.60. The standard InChI is InChI=1S/C26H25F4N3O3S/c1-19-5-11-24(12-6-19)37(35,36)33(23-4-2-3-20(17-23)26(28,29)30)18-25(34)32-15-13-31(14-16-32)22-9-7-21(27)8-10-22/h2-12,17H,13-16,18H2,1H3. The first-order chi connectivity index (χ1) is 17.4. The van der Waals surface area contributed by atoms with Crippen LogP contribution in [0.4, 0.5) is 28.9 Å². The lowest BCUT2D eigenvalue weighted by Gasteiger charge is -2.37. The van der Waals surface area contributed by atoms with Crippen LogP contribution in [0, 0.1) is 12.7 Å². The van der Waals surface area contributed by atoms with E-state index in [2.05, 4.69) is 0 Å². The van der Waals surface area contributed by atoms with Crippen LogP contribution in [0.15, 0.2) is 77.7 Å². The van der Waals surface area contributed by atoms with E-state index in [1.54, 1.807) is 31.2 Å². The van der Waals surface area contributed by atoms with E-state index in [0.717, 1.165) is 33.8 Å². The van der Waals surface area contributed by atoms with Gasteiger partial charge in [-0.15, -0.1) is 0 Å². The van der Waals surface area contributed by atoms with Gasteiger partial charge in [0.2, 0.25) is 5.91 Å². The number of anilines is 2. The number of benzene rings is 3. The summed E-state index contributed by atoms with van der Waals surface area (Å²) in [6, 6.07) is 15.7. The average Bonchev–Trinajstić information content (AvgIpc) is 2.87. The molecule has 3 aromatic carbocycles. The third-order valence-corrected chi connectivity index (χ3v) is 7.96. The van der Waals surface area contributed by atoms with E-state index < -0.39 is 34.2 Å². The Morgan fingerprint density at radius 1 is 0.919 bits per heavy atom. The molecule has 37 heavy (non-hydrogen) atoms. The normalized spacial score (nSPS) is 14.5. The van der Waals surface area contributed by atoms with E-state index >= 15 is 0 Å². The molecule has 1 heterocycles. The molecule has 0 saturated carbocycles. The van der Waals surface area contributed by atoms with Crippen molar-refractivity contribution in [3.05, 3.63) is 89.7 Å². The zero-order chi connectivity index (χ0) is 26.8. The van der Waals surface area contributed by atoms with Crippen molar-refractivity contribution in [2.24, 2.45) is 0 Å². The van der Waals surface area contributed by atoms with E-state index in [9.17, 15) is 30.8 Å². The van der Waals surface area contributed by atoms with Gasteiger partial charge in [-0.25, -0.2) is 12.8 Å². The maximum atomic E-state index is 13.5. The van der Waals surface area contributed by atoms with E-state index in [1.165, 1.54) is 35.2 Å². The number of hydrogen-bond acceptors (Lipinski definition) is 4. The molecule has 11 heteroatoms. The second kappa shape index (κ2) is 10.4. The molecule has 1 fully saturated rings. The van der Waals surface area contributed by atoms with Crippen molar-refractivity contribution in [1.29, 1.82) is 0 Å². The van der Waals surface area contributed by atoms with Gasteiger partial charge >= 0.3 is 6.18 Å². The predicted molar refractivity (Wildman–Crippen MR) is 132 cm³/mol. The minimum atomic E-state index is -4.68. The highest BCUT2D eigenvalue weighted by Crippen LogP contribution is 2.33. The van der Waals surface area contributed by atoms with Crippen LogP contribution in [0.3, 0.4) is 0 Å². The molecule has 0 unspecified atom stereocenters. The highest BCUT2D eigenvalue weighted by Gasteiger charge is 2.34. The summed E-state index contributed by atoms with van der Waals surface area (Å²) < 4.78 is 81.1. The fourth-order valence-corrected chi connectivity index (χ4v) is 5.48. The number of halogens is 4. The number of carbonyl (C=O) groups excluding carboxylic acids is 1. The smallest absolute Gasteiger partial charge is 0.368 e. The molecule has 0 aliphatic carbocycles. The van der Waals surface area contributed by atoms with E-state index in [4.69, 9.17) is 0 Å². The third kappa shape index (κ3) is 6.04. The summed E-state index contributed by atoms with van der Waals surface area (Å²) in [6.07, 6.45) is -4.68. The molecule has 3 aromatic rings. The summed E-state index contributed by atoms with van der Waals surface area (Å²) in [7, 11) is -4.35. The van der Waals surface area contributed by atoms with Gasteiger partial charge in [0.1, 0.15) is 12.4 Å². The number of alkyl halides is 3.